The number of benzene rings is 1. The van der Waals surface area contributed by atoms with Gasteiger partial charge in [-0.3, -0.25) is 4.68 Å². The highest BCUT2D eigenvalue weighted by molar-refractivity contribution is 5.78. The Hall–Kier alpha value is -2.38. The number of aromatic nitrogens is 4. The molecule has 2 N–H and O–H groups in total. The molecule has 0 saturated carbocycles. The summed E-state index contributed by atoms with van der Waals surface area (Å²) < 4.78 is 4.05. The summed E-state index contributed by atoms with van der Waals surface area (Å²) in [5.74, 6) is 0.875. The number of rotatable bonds is 5. The lowest BCUT2D eigenvalue weighted by atomic mass is 10.2. The Morgan fingerprint density at radius 1 is 1.24 bits per heavy atom. The molecular weight excluding hydrogens is 318 g/mol. The van der Waals surface area contributed by atoms with Crippen LogP contribution in [-0.2, 0) is 19.6 Å². The highest BCUT2D eigenvalue weighted by Gasteiger charge is 2.24. The van der Waals surface area contributed by atoms with E-state index >= 15 is 0 Å². The van der Waals surface area contributed by atoms with Crippen LogP contribution in [-0.4, -0.2) is 42.7 Å². The highest BCUT2D eigenvalue weighted by Crippen LogP contribution is 2.27. The van der Waals surface area contributed by atoms with Crippen molar-refractivity contribution in [3.63, 3.8) is 0 Å². The second-order valence-electron chi connectivity index (χ2n) is 6.41. The highest BCUT2D eigenvalue weighted by atomic mass is 16.3. The molecule has 0 aliphatic carbocycles. The summed E-state index contributed by atoms with van der Waals surface area (Å²) in [6, 6.07) is 9.98. The molecule has 0 amide bonds. The largest absolute Gasteiger partial charge is 0.395 e. The molecule has 3 aromatic rings. The lowest BCUT2D eigenvalue weighted by molar-refractivity contribution is 0.168. The summed E-state index contributed by atoms with van der Waals surface area (Å²) in [5, 5.41) is 24.0. The summed E-state index contributed by atoms with van der Waals surface area (Å²) in [7, 11) is 0. The average Bonchev–Trinajstić information content (AvgIpc) is 3.22. The van der Waals surface area contributed by atoms with Gasteiger partial charge in [-0.25, -0.2) is 4.98 Å². The predicted molar refractivity (Wildman–Crippen MR) is 95.3 cm³/mol. The van der Waals surface area contributed by atoms with Crippen LogP contribution in [0.1, 0.15) is 30.8 Å². The molecule has 3 heterocycles. The van der Waals surface area contributed by atoms with E-state index in [4.69, 9.17) is 4.98 Å². The van der Waals surface area contributed by atoms with Crippen molar-refractivity contribution >= 4 is 17.0 Å². The van der Waals surface area contributed by atoms with Crippen LogP contribution in [0.25, 0.3) is 11.0 Å². The van der Waals surface area contributed by atoms with Crippen LogP contribution in [0.3, 0.4) is 0 Å². The zero-order chi connectivity index (χ0) is 17.4. The number of anilines is 1. The minimum Gasteiger partial charge on any atom is -0.395 e. The van der Waals surface area contributed by atoms with Crippen LogP contribution in [0.4, 0.5) is 5.95 Å². The molecule has 0 bridgehead atoms. The number of nitrogens with zero attached hydrogens (tertiary/aromatic N) is 5. The first-order valence-corrected chi connectivity index (χ1v) is 8.77. The number of imidazole rings is 1. The van der Waals surface area contributed by atoms with E-state index in [9.17, 15) is 10.2 Å². The van der Waals surface area contributed by atoms with Crippen molar-refractivity contribution in [1.82, 2.24) is 19.3 Å². The summed E-state index contributed by atoms with van der Waals surface area (Å²) in [6.45, 7) is 4.79. The smallest absolute Gasteiger partial charge is 0.207 e. The Morgan fingerprint density at radius 2 is 2.08 bits per heavy atom. The van der Waals surface area contributed by atoms with Gasteiger partial charge in [-0.05, 0) is 24.6 Å². The van der Waals surface area contributed by atoms with Gasteiger partial charge in [0, 0.05) is 13.1 Å². The zero-order valence-corrected chi connectivity index (χ0v) is 14.3. The van der Waals surface area contributed by atoms with Crippen LogP contribution < -0.4 is 4.90 Å². The molecule has 0 saturated heterocycles. The monoisotopic (exact) mass is 341 g/mol. The molecule has 1 atom stereocenters. The number of aliphatic hydroxyl groups excluding tert-OH is 2. The second-order valence-corrected chi connectivity index (χ2v) is 6.41. The van der Waals surface area contributed by atoms with E-state index in [0.717, 1.165) is 41.5 Å². The van der Waals surface area contributed by atoms with Crippen LogP contribution in [0, 0.1) is 0 Å². The Balaban J connectivity index is 1.68. The van der Waals surface area contributed by atoms with Crippen molar-refractivity contribution in [1.29, 1.82) is 0 Å². The minimum absolute atomic E-state index is 0.0754. The van der Waals surface area contributed by atoms with Gasteiger partial charge in [0.25, 0.3) is 0 Å². The Kier molecular flexibility index (Phi) is 4.19. The van der Waals surface area contributed by atoms with Gasteiger partial charge in [0.15, 0.2) is 0 Å². The Bertz CT molecular complexity index is 885. The number of aliphatic hydroxyl groups is 2. The third kappa shape index (κ3) is 2.79. The SMILES string of the molecule is CC[C@@H](O)c1cc2n(n1)CCN(c1nc3ccccc3n1CCO)C2. The van der Waals surface area contributed by atoms with Crippen molar-refractivity contribution in [3.05, 3.63) is 41.7 Å². The van der Waals surface area contributed by atoms with Crippen LogP contribution in [0.2, 0.25) is 0 Å². The summed E-state index contributed by atoms with van der Waals surface area (Å²) in [5.41, 5.74) is 3.79. The molecular formula is C18H23N5O2. The van der Waals surface area contributed by atoms with Crippen molar-refractivity contribution in [2.45, 2.75) is 39.1 Å². The first-order chi connectivity index (χ1) is 12.2. The number of fused-ring (bicyclic) bond motifs is 2. The van der Waals surface area contributed by atoms with Crippen LogP contribution >= 0.6 is 0 Å². The zero-order valence-electron chi connectivity index (χ0n) is 14.3. The molecule has 4 rings (SSSR count). The van der Waals surface area contributed by atoms with Crippen LogP contribution in [0.15, 0.2) is 30.3 Å². The molecule has 7 heteroatoms. The second kappa shape index (κ2) is 6.50. The first-order valence-electron chi connectivity index (χ1n) is 8.77. The molecule has 132 valence electrons. The number of hydrogen-bond donors (Lipinski definition) is 2. The van der Waals surface area contributed by atoms with E-state index in [1.807, 2.05) is 41.9 Å². The molecule has 0 spiro atoms. The maximum Gasteiger partial charge on any atom is 0.207 e. The molecule has 25 heavy (non-hydrogen) atoms. The molecule has 0 fully saturated rings. The minimum atomic E-state index is -0.509. The lowest BCUT2D eigenvalue weighted by Crippen LogP contribution is -2.35. The van der Waals surface area contributed by atoms with Gasteiger partial charge in [-0.2, -0.15) is 5.10 Å². The summed E-state index contributed by atoms with van der Waals surface area (Å²) in [6.07, 6.45) is 0.150. The molecule has 1 aliphatic heterocycles. The third-order valence-corrected chi connectivity index (χ3v) is 4.79. The Labute approximate surface area is 146 Å². The van der Waals surface area contributed by atoms with Gasteiger partial charge in [0.2, 0.25) is 5.95 Å². The van der Waals surface area contributed by atoms with Crippen molar-refractivity contribution in [2.75, 3.05) is 18.1 Å². The maximum absolute atomic E-state index is 10.0. The van der Waals surface area contributed by atoms with E-state index in [2.05, 4.69) is 14.6 Å². The van der Waals surface area contributed by atoms with Crippen molar-refractivity contribution in [3.8, 4) is 0 Å². The number of hydrogen-bond acceptors (Lipinski definition) is 5. The Morgan fingerprint density at radius 3 is 2.88 bits per heavy atom. The van der Waals surface area contributed by atoms with Crippen LogP contribution in [0.5, 0.6) is 0 Å². The normalized spacial score (nSPS) is 15.6. The quantitative estimate of drug-likeness (QED) is 0.738. The van der Waals surface area contributed by atoms with Crippen molar-refractivity contribution < 1.29 is 10.2 Å². The topological polar surface area (TPSA) is 79.3 Å². The molecule has 1 aliphatic rings. The van der Waals surface area contributed by atoms with E-state index < -0.39 is 6.10 Å². The van der Waals surface area contributed by atoms with E-state index in [1.165, 1.54) is 0 Å². The van der Waals surface area contributed by atoms with E-state index in [-0.39, 0.29) is 6.61 Å². The fourth-order valence-electron chi connectivity index (χ4n) is 3.46. The van der Waals surface area contributed by atoms with Gasteiger partial charge in [0.1, 0.15) is 0 Å². The van der Waals surface area contributed by atoms with Gasteiger partial charge in [-0.1, -0.05) is 19.1 Å². The predicted octanol–water partition coefficient (Wildman–Crippen LogP) is 1.69. The standard InChI is InChI=1S/C18H23N5O2/c1-2-17(25)15-11-13-12-21(7-8-23(13)20-15)18-19-14-5-3-4-6-16(14)22(18)9-10-24/h3-6,11,17,24-25H,2,7-10,12H2,1H3/t17-/m1/s1. The molecule has 2 aromatic heterocycles. The fourth-order valence-corrected chi connectivity index (χ4v) is 3.46. The van der Waals surface area contributed by atoms with Gasteiger partial charge >= 0.3 is 0 Å². The van der Waals surface area contributed by atoms with Gasteiger partial charge in [0.05, 0.1) is 48.2 Å². The average molecular weight is 341 g/mol. The van der Waals surface area contributed by atoms with Gasteiger partial charge in [-0.15, -0.1) is 0 Å². The fraction of sp³-hybridized carbons (Fsp3) is 0.444. The molecule has 0 radical (unpaired) electrons. The van der Waals surface area contributed by atoms with E-state index in [1.54, 1.807) is 0 Å². The van der Waals surface area contributed by atoms with Crippen molar-refractivity contribution in [2.24, 2.45) is 0 Å². The maximum atomic E-state index is 10.0. The molecule has 7 nitrogen and oxygen atoms in total. The third-order valence-electron chi connectivity index (χ3n) is 4.79. The first kappa shape index (κ1) is 16.1. The summed E-state index contributed by atoms with van der Waals surface area (Å²) in [4.78, 5) is 7.00. The lowest BCUT2D eigenvalue weighted by Gasteiger charge is -2.29. The van der Waals surface area contributed by atoms with E-state index in [0.29, 0.717) is 19.5 Å². The molecule has 0 unspecified atom stereocenters. The summed E-state index contributed by atoms with van der Waals surface area (Å²) >= 11 is 0. The van der Waals surface area contributed by atoms with Gasteiger partial charge < -0.3 is 19.7 Å². The molecule has 1 aromatic carbocycles. The number of para-hydroxylation sites is 2.